The largest absolute Gasteiger partial charge is 0.493 e. The molecule has 1 aromatic carbocycles. The normalized spacial score (nSPS) is 22.8. The van der Waals surface area contributed by atoms with Crippen molar-refractivity contribution < 1.29 is 23.4 Å². The predicted octanol–water partition coefficient (Wildman–Crippen LogP) is 5.95. The molecule has 6 nitrogen and oxygen atoms in total. The van der Waals surface area contributed by atoms with Crippen molar-refractivity contribution in [1.82, 2.24) is 0 Å². The van der Waals surface area contributed by atoms with E-state index in [1.165, 1.54) is 24.3 Å². The number of allylic oxidation sites excluding steroid dienone is 2. The Kier molecular flexibility index (Phi) is 7.88. The van der Waals surface area contributed by atoms with E-state index in [9.17, 15) is 9.59 Å². The van der Waals surface area contributed by atoms with E-state index in [-0.39, 0.29) is 5.41 Å². The summed E-state index contributed by atoms with van der Waals surface area (Å²) in [5.41, 5.74) is 2.73. The molecule has 2 aromatic rings. The van der Waals surface area contributed by atoms with E-state index in [4.69, 9.17) is 18.6 Å². The molecule has 3 rings (SSSR count). The Morgan fingerprint density at radius 2 is 1.97 bits per heavy atom. The summed E-state index contributed by atoms with van der Waals surface area (Å²) in [6.45, 7) is 9.43. The topological polar surface area (TPSA) is 75.0 Å². The molecule has 180 valence electrons. The van der Waals surface area contributed by atoms with Crippen LogP contribution >= 0.6 is 0 Å². The average Bonchev–Trinajstić information content (AvgIpc) is 2.79. The number of benzene rings is 1. The van der Waals surface area contributed by atoms with E-state index >= 15 is 0 Å². The van der Waals surface area contributed by atoms with Gasteiger partial charge in [-0.3, -0.25) is 0 Å². The Morgan fingerprint density at radius 1 is 1.21 bits per heavy atom. The molecular weight excluding hydrogens is 420 g/mol. The quantitative estimate of drug-likeness (QED) is 0.264. The van der Waals surface area contributed by atoms with Crippen LogP contribution in [0, 0.1) is 17.3 Å². The number of rotatable bonds is 9. The zero-order valence-electron chi connectivity index (χ0n) is 20.7. The first-order valence-electron chi connectivity index (χ1n) is 11.7. The highest BCUT2D eigenvalue weighted by Gasteiger charge is 2.43. The van der Waals surface area contributed by atoms with Crippen LogP contribution in [0.1, 0.15) is 59.8 Å². The molecule has 33 heavy (non-hydrogen) atoms. The van der Waals surface area contributed by atoms with Crippen LogP contribution in [0.5, 0.6) is 17.2 Å². The molecule has 1 aliphatic rings. The predicted molar refractivity (Wildman–Crippen MR) is 129 cm³/mol. The van der Waals surface area contributed by atoms with Gasteiger partial charge in [0.25, 0.3) is 0 Å². The molecule has 0 saturated heterocycles. The first-order chi connectivity index (χ1) is 15.8. The minimum absolute atomic E-state index is 0.00224. The third-order valence-electron chi connectivity index (χ3n) is 7.50. The summed E-state index contributed by atoms with van der Waals surface area (Å²) < 4.78 is 22.8. The van der Waals surface area contributed by atoms with Gasteiger partial charge in [-0.15, -0.1) is 0 Å². The minimum atomic E-state index is -0.451. The monoisotopic (exact) mass is 456 g/mol. The number of hydrogen-bond donors (Lipinski definition) is 0. The molecule has 1 aliphatic carbocycles. The third-order valence-corrected chi connectivity index (χ3v) is 7.50. The van der Waals surface area contributed by atoms with Gasteiger partial charge >= 0.3 is 5.63 Å². The zero-order valence-corrected chi connectivity index (χ0v) is 20.7. The lowest BCUT2D eigenvalue weighted by Gasteiger charge is -2.48. The Bertz CT molecular complexity index is 1080. The first kappa shape index (κ1) is 24.9. The molecule has 0 radical (unpaired) electrons. The zero-order chi connectivity index (χ0) is 24.2. The second-order valence-corrected chi connectivity index (χ2v) is 9.48. The number of carbonyl (C=O) groups excluding carboxylic acids is 1. The molecule has 1 fully saturated rings. The van der Waals surface area contributed by atoms with Crippen LogP contribution in [0.2, 0.25) is 0 Å². The Balaban J connectivity index is 1.92. The van der Waals surface area contributed by atoms with Crippen LogP contribution in [0.4, 0.5) is 0 Å². The molecule has 0 N–H and O–H groups in total. The van der Waals surface area contributed by atoms with Gasteiger partial charge in [0.1, 0.15) is 6.29 Å². The van der Waals surface area contributed by atoms with Gasteiger partial charge in [0.05, 0.1) is 20.8 Å². The number of ether oxygens (including phenoxy) is 3. The number of methoxy groups -OCH3 is 2. The van der Waals surface area contributed by atoms with Crippen molar-refractivity contribution in [2.45, 2.75) is 59.8 Å². The lowest BCUT2D eigenvalue weighted by atomic mass is 9.57. The van der Waals surface area contributed by atoms with E-state index in [1.807, 2.05) is 0 Å². The summed E-state index contributed by atoms with van der Waals surface area (Å²) in [5, 5.41) is 0.700. The molecule has 1 saturated carbocycles. The fourth-order valence-electron chi connectivity index (χ4n) is 5.36. The van der Waals surface area contributed by atoms with Crippen LogP contribution in [0.3, 0.4) is 0 Å². The maximum absolute atomic E-state index is 11.8. The molecule has 0 bridgehead atoms. The Labute approximate surface area is 195 Å². The molecule has 3 atom stereocenters. The van der Waals surface area contributed by atoms with E-state index in [0.29, 0.717) is 53.1 Å². The van der Waals surface area contributed by atoms with E-state index in [1.54, 1.807) is 19.2 Å². The summed E-state index contributed by atoms with van der Waals surface area (Å²) in [5.74, 6) is 2.16. The highest BCUT2D eigenvalue weighted by atomic mass is 16.5. The fraction of sp³-hybridized carbons (Fsp3) is 0.556. The van der Waals surface area contributed by atoms with E-state index < -0.39 is 5.63 Å². The van der Waals surface area contributed by atoms with Gasteiger partial charge in [-0.25, -0.2) is 4.79 Å². The molecule has 0 amide bonds. The smallest absolute Gasteiger partial charge is 0.336 e. The molecule has 6 heteroatoms. The standard InChI is InChI=1S/C27H36O6/c1-17(2)20-11-9-18(3)27(4,21(20)8-7-14-28)13-15-32-25-22(30-5)16-19-10-12-23(29)33-24(19)26(25)31-6/h10,12,14,16,18,21H,7-9,11,13,15H2,1-6H3/t18-,21-,27-/m1/s1. The third kappa shape index (κ3) is 4.94. The second kappa shape index (κ2) is 10.4. The van der Waals surface area contributed by atoms with Crippen molar-refractivity contribution in [3.63, 3.8) is 0 Å². The summed E-state index contributed by atoms with van der Waals surface area (Å²) in [7, 11) is 3.10. The molecule has 1 aromatic heterocycles. The number of aldehydes is 1. The average molecular weight is 457 g/mol. The maximum atomic E-state index is 11.8. The summed E-state index contributed by atoms with van der Waals surface area (Å²) >= 11 is 0. The number of fused-ring (bicyclic) bond motifs is 1. The van der Waals surface area contributed by atoms with Crippen molar-refractivity contribution in [2.75, 3.05) is 20.8 Å². The van der Waals surface area contributed by atoms with E-state index in [0.717, 1.165) is 32.0 Å². The summed E-state index contributed by atoms with van der Waals surface area (Å²) in [6.07, 6.45) is 5.49. The van der Waals surface area contributed by atoms with Crippen LogP contribution in [0.25, 0.3) is 11.0 Å². The Morgan fingerprint density at radius 3 is 2.61 bits per heavy atom. The first-order valence-corrected chi connectivity index (χ1v) is 11.7. The summed E-state index contributed by atoms with van der Waals surface area (Å²) in [4.78, 5) is 23.0. The summed E-state index contributed by atoms with van der Waals surface area (Å²) in [6, 6.07) is 4.84. The number of carbonyl (C=O) groups is 1. The lowest BCUT2D eigenvalue weighted by Crippen LogP contribution is -2.40. The highest BCUT2D eigenvalue weighted by molar-refractivity contribution is 5.88. The van der Waals surface area contributed by atoms with Gasteiger partial charge in [-0.1, -0.05) is 25.0 Å². The fourth-order valence-corrected chi connectivity index (χ4v) is 5.36. The van der Waals surface area contributed by atoms with Crippen molar-refractivity contribution in [2.24, 2.45) is 17.3 Å². The molecular formula is C27H36O6. The molecule has 0 spiro atoms. The van der Waals surface area contributed by atoms with Crippen LogP contribution in [0.15, 0.2) is 38.6 Å². The Hall–Kier alpha value is -2.76. The van der Waals surface area contributed by atoms with Gasteiger partial charge in [-0.2, -0.15) is 0 Å². The van der Waals surface area contributed by atoms with Crippen molar-refractivity contribution in [1.29, 1.82) is 0 Å². The van der Waals surface area contributed by atoms with Gasteiger partial charge in [0, 0.05) is 17.9 Å². The highest BCUT2D eigenvalue weighted by Crippen LogP contribution is 2.53. The van der Waals surface area contributed by atoms with E-state index in [2.05, 4.69) is 27.7 Å². The number of hydrogen-bond acceptors (Lipinski definition) is 6. The molecule has 1 heterocycles. The second-order valence-electron chi connectivity index (χ2n) is 9.48. The van der Waals surface area contributed by atoms with Gasteiger partial charge in [0.15, 0.2) is 11.3 Å². The minimum Gasteiger partial charge on any atom is -0.493 e. The van der Waals surface area contributed by atoms with Gasteiger partial charge in [-0.05, 0) is 68.9 Å². The van der Waals surface area contributed by atoms with Crippen LogP contribution in [-0.4, -0.2) is 27.1 Å². The SMILES string of the molecule is COc1cc2ccc(=O)oc2c(OC)c1OCC[C@]1(C)[C@H](C)CCC(=C(C)C)[C@H]1CCC=O. The molecule has 0 aliphatic heterocycles. The van der Waals surface area contributed by atoms with Crippen LogP contribution < -0.4 is 19.8 Å². The maximum Gasteiger partial charge on any atom is 0.336 e. The lowest BCUT2D eigenvalue weighted by molar-refractivity contribution is -0.108. The van der Waals surface area contributed by atoms with Gasteiger partial charge < -0.3 is 23.4 Å². The van der Waals surface area contributed by atoms with Crippen LogP contribution in [-0.2, 0) is 4.79 Å². The van der Waals surface area contributed by atoms with Crippen molar-refractivity contribution >= 4 is 17.3 Å². The van der Waals surface area contributed by atoms with Crippen molar-refractivity contribution in [3.8, 4) is 17.2 Å². The van der Waals surface area contributed by atoms with Crippen molar-refractivity contribution in [3.05, 3.63) is 39.8 Å². The van der Waals surface area contributed by atoms with Gasteiger partial charge in [0.2, 0.25) is 11.5 Å². The molecule has 0 unspecified atom stereocenters.